The molecule has 1 aliphatic heterocycles. The summed E-state index contributed by atoms with van der Waals surface area (Å²) in [4.78, 5) is 2.42. The molecule has 1 aliphatic carbocycles. The summed E-state index contributed by atoms with van der Waals surface area (Å²) >= 11 is 5.93. The van der Waals surface area contributed by atoms with Crippen molar-refractivity contribution in [1.82, 2.24) is 4.90 Å². The van der Waals surface area contributed by atoms with Crippen molar-refractivity contribution >= 4 is 11.6 Å². The summed E-state index contributed by atoms with van der Waals surface area (Å²) in [5.41, 5.74) is 0.449. The quantitative estimate of drug-likeness (QED) is 0.780. The van der Waals surface area contributed by atoms with Gasteiger partial charge in [-0.3, -0.25) is 4.90 Å². The van der Waals surface area contributed by atoms with Crippen molar-refractivity contribution in [1.29, 1.82) is 0 Å². The molecular formula is C24H30ClNO3. The highest BCUT2D eigenvalue weighted by Gasteiger charge is 2.37. The molecule has 4 nitrogen and oxygen atoms in total. The van der Waals surface area contributed by atoms with Crippen molar-refractivity contribution < 1.29 is 14.6 Å². The maximum atomic E-state index is 11.2. The van der Waals surface area contributed by atoms with Crippen LogP contribution in [0.5, 0.6) is 5.75 Å². The van der Waals surface area contributed by atoms with Gasteiger partial charge in [0.05, 0.1) is 13.2 Å². The first-order valence-corrected chi connectivity index (χ1v) is 11.0. The molecule has 29 heavy (non-hydrogen) atoms. The average Bonchev–Trinajstić information content (AvgIpc) is 2.96. The Balaban J connectivity index is 1.33. The molecule has 1 heterocycles. The third-order valence-corrected chi connectivity index (χ3v) is 6.45. The van der Waals surface area contributed by atoms with Crippen molar-refractivity contribution in [2.75, 3.05) is 32.9 Å². The van der Waals surface area contributed by atoms with Gasteiger partial charge < -0.3 is 14.6 Å². The van der Waals surface area contributed by atoms with Crippen LogP contribution in [0, 0.1) is 0 Å². The molecule has 4 rings (SSSR count). The Morgan fingerprint density at radius 1 is 1.03 bits per heavy atom. The lowest BCUT2D eigenvalue weighted by molar-refractivity contribution is -0.0683. The predicted molar refractivity (Wildman–Crippen MR) is 116 cm³/mol. The number of halogens is 1. The number of aliphatic hydroxyl groups is 1. The van der Waals surface area contributed by atoms with Crippen LogP contribution in [0.25, 0.3) is 0 Å². The van der Waals surface area contributed by atoms with Gasteiger partial charge in [0.15, 0.2) is 0 Å². The highest BCUT2D eigenvalue weighted by atomic mass is 35.5. The molecule has 1 saturated carbocycles. The minimum Gasteiger partial charge on any atom is -0.490 e. The molecule has 0 bridgehead atoms. The Morgan fingerprint density at radius 3 is 2.48 bits per heavy atom. The van der Waals surface area contributed by atoms with Gasteiger partial charge in [-0.2, -0.15) is 0 Å². The normalized spacial score (nSPS) is 28.6. The van der Waals surface area contributed by atoms with Crippen LogP contribution in [-0.2, 0) is 4.74 Å². The molecule has 2 fully saturated rings. The molecule has 2 aromatic rings. The number of nitrogens with zero attached hydrogens (tertiary/aromatic N) is 1. The standard InChI is InChI=1S/C24H30ClNO3/c25-21-8-12-23(13-9-21)29-18-24(27)16-26(14-15-28-17-24)22-10-6-20(7-11-22)19-4-2-1-3-5-19/h1-5,8-9,12-13,20,22,27H,6-7,10-11,14-18H2/t20?,22?,24-/m0/s1. The van der Waals surface area contributed by atoms with E-state index in [1.807, 2.05) is 12.1 Å². The van der Waals surface area contributed by atoms with Crippen molar-refractivity contribution in [3.05, 3.63) is 65.2 Å². The number of benzene rings is 2. The molecule has 0 spiro atoms. The Morgan fingerprint density at radius 2 is 1.76 bits per heavy atom. The second kappa shape index (κ2) is 9.48. The fourth-order valence-electron chi connectivity index (χ4n) is 4.59. The van der Waals surface area contributed by atoms with E-state index in [2.05, 4.69) is 35.2 Å². The second-order valence-electron chi connectivity index (χ2n) is 8.41. The zero-order valence-corrected chi connectivity index (χ0v) is 17.6. The summed E-state index contributed by atoms with van der Waals surface area (Å²) in [7, 11) is 0. The van der Waals surface area contributed by atoms with Crippen LogP contribution in [0.3, 0.4) is 0 Å². The van der Waals surface area contributed by atoms with Gasteiger partial charge >= 0.3 is 0 Å². The Kier molecular flexibility index (Phi) is 6.76. The van der Waals surface area contributed by atoms with Crippen LogP contribution in [0.15, 0.2) is 54.6 Å². The molecule has 2 aliphatic rings. The van der Waals surface area contributed by atoms with E-state index in [-0.39, 0.29) is 6.61 Å². The Labute approximate surface area is 178 Å². The van der Waals surface area contributed by atoms with E-state index in [4.69, 9.17) is 21.1 Å². The van der Waals surface area contributed by atoms with E-state index < -0.39 is 5.60 Å². The molecule has 1 N–H and O–H groups in total. The van der Waals surface area contributed by atoms with Crippen LogP contribution in [0.4, 0.5) is 0 Å². The first-order chi connectivity index (χ1) is 14.1. The number of ether oxygens (including phenoxy) is 2. The average molecular weight is 416 g/mol. The maximum Gasteiger partial charge on any atom is 0.134 e. The molecular weight excluding hydrogens is 386 g/mol. The lowest BCUT2D eigenvalue weighted by Gasteiger charge is -2.39. The van der Waals surface area contributed by atoms with Gasteiger partial charge in [0.1, 0.15) is 18.0 Å². The first kappa shape index (κ1) is 20.7. The molecule has 1 atom stereocenters. The van der Waals surface area contributed by atoms with Gasteiger partial charge in [-0.1, -0.05) is 41.9 Å². The van der Waals surface area contributed by atoms with Gasteiger partial charge in [0.2, 0.25) is 0 Å². The molecule has 1 saturated heterocycles. The Hall–Kier alpha value is -1.59. The highest BCUT2D eigenvalue weighted by molar-refractivity contribution is 6.30. The summed E-state index contributed by atoms with van der Waals surface area (Å²) in [5.74, 6) is 1.37. The summed E-state index contributed by atoms with van der Waals surface area (Å²) < 4.78 is 11.6. The zero-order valence-electron chi connectivity index (χ0n) is 16.8. The second-order valence-corrected chi connectivity index (χ2v) is 8.84. The predicted octanol–water partition coefficient (Wildman–Crippen LogP) is 4.51. The van der Waals surface area contributed by atoms with Crippen molar-refractivity contribution in [3.63, 3.8) is 0 Å². The highest BCUT2D eigenvalue weighted by Crippen LogP contribution is 2.35. The SMILES string of the molecule is O[C@]1(COc2ccc(Cl)cc2)COCCN(C2CCC(c3ccccc3)CC2)C1. The lowest BCUT2D eigenvalue weighted by atomic mass is 9.81. The largest absolute Gasteiger partial charge is 0.490 e. The summed E-state index contributed by atoms with van der Waals surface area (Å²) in [6.07, 6.45) is 4.72. The van der Waals surface area contributed by atoms with E-state index in [0.29, 0.717) is 42.5 Å². The summed E-state index contributed by atoms with van der Waals surface area (Å²) in [5, 5.41) is 11.9. The summed E-state index contributed by atoms with van der Waals surface area (Å²) in [6, 6.07) is 18.6. The molecule has 0 amide bonds. The number of hydrogen-bond donors (Lipinski definition) is 1. The minimum absolute atomic E-state index is 0.213. The van der Waals surface area contributed by atoms with Crippen LogP contribution < -0.4 is 4.74 Å². The third-order valence-electron chi connectivity index (χ3n) is 6.20. The summed E-state index contributed by atoms with van der Waals surface area (Å²) in [6.45, 7) is 2.62. The topological polar surface area (TPSA) is 41.9 Å². The molecule has 156 valence electrons. The van der Waals surface area contributed by atoms with Gasteiger partial charge in [0.25, 0.3) is 0 Å². The van der Waals surface area contributed by atoms with Crippen molar-refractivity contribution in [3.8, 4) is 5.75 Å². The monoisotopic (exact) mass is 415 g/mol. The van der Waals surface area contributed by atoms with E-state index in [0.717, 1.165) is 19.4 Å². The van der Waals surface area contributed by atoms with E-state index >= 15 is 0 Å². The van der Waals surface area contributed by atoms with Crippen molar-refractivity contribution in [2.45, 2.75) is 43.2 Å². The zero-order chi connectivity index (χ0) is 20.1. The third kappa shape index (κ3) is 5.52. The van der Waals surface area contributed by atoms with E-state index in [1.54, 1.807) is 12.1 Å². The van der Waals surface area contributed by atoms with Crippen LogP contribution >= 0.6 is 11.6 Å². The van der Waals surface area contributed by atoms with E-state index in [9.17, 15) is 5.11 Å². The molecule has 5 heteroatoms. The van der Waals surface area contributed by atoms with Crippen molar-refractivity contribution in [2.24, 2.45) is 0 Å². The van der Waals surface area contributed by atoms with Gasteiger partial charge in [-0.05, 0) is 61.4 Å². The Bertz CT molecular complexity index is 761. The minimum atomic E-state index is -1.01. The first-order valence-electron chi connectivity index (χ1n) is 10.6. The molecule has 0 unspecified atom stereocenters. The van der Waals surface area contributed by atoms with Gasteiger partial charge in [0, 0.05) is 24.2 Å². The van der Waals surface area contributed by atoms with Gasteiger partial charge in [-0.25, -0.2) is 0 Å². The van der Waals surface area contributed by atoms with Crippen LogP contribution in [0.1, 0.15) is 37.2 Å². The maximum absolute atomic E-state index is 11.2. The smallest absolute Gasteiger partial charge is 0.134 e. The van der Waals surface area contributed by atoms with Crippen LogP contribution in [-0.4, -0.2) is 54.6 Å². The molecule has 2 aromatic carbocycles. The molecule has 0 radical (unpaired) electrons. The lowest BCUT2D eigenvalue weighted by Crippen LogP contribution is -2.52. The van der Waals surface area contributed by atoms with E-state index in [1.165, 1.54) is 18.4 Å². The van der Waals surface area contributed by atoms with Crippen LogP contribution in [0.2, 0.25) is 5.02 Å². The number of β-amino-alcohol motifs (C(OH)–C–C–N with tert-alkyl or cyclic N) is 1. The number of hydrogen-bond acceptors (Lipinski definition) is 4. The molecule has 0 aromatic heterocycles. The van der Waals surface area contributed by atoms with Gasteiger partial charge in [-0.15, -0.1) is 0 Å². The fraction of sp³-hybridized carbons (Fsp3) is 0.500. The fourth-order valence-corrected chi connectivity index (χ4v) is 4.72. The number of rotatable bonds is 5.